The first kappa shape index (κ1) is 25.7. The second-order valence-electron chi connectivity index (χ2n) is 9.78. The van der Waals surface area contributed by atoms with E-state index < -0.39 is 22.8 Å². The number of carbonyl (C=O) groups is 1. The Morgan fingerprint density at radius 1 is 1.34 bits per heavy atom. The number of aliphatic hydroxyl groups excluding tert-OH is 1. The van der Waals surface area contributed by atoms with Gasteiger partial charge in [0.25, 0.3) is 6.02 Å². The fourth-order valence-electron chi connectivity index (χ4n) is 4.46. The summed E-state index contributed by atoms with van der Waals surface area (Å²) in [5.41, 5.74) is 1.95. The maximum atomic E-state index is 15.1. The molecule has 1 amide bonds. The summed E-state index contributed by atoms with van der Waals surface area (Å²) in [7, 11) is 0. The molecule has 0 saturated heterocycles. The van der Waals surface area contributed by atoms with Crippen LogP contribution < -0.4 is 10.1 Å². The second kappa shape index (κ2) is 10.4. The van der Waals surface area contributed by atoms with Gasteiger partial charge in [-0.05, 0) is 18.1 Å². The third-order valence-electron chi connectivity index (χ3n) is 6.75. The first-order chi connectivity index (χ1) is 18.3. The van der Waals surface area contributed by atoms with Crippen molar-refractivity contribution in [2.45, 2.75) is 26.7 Å². The summed E-state index contributed by atoms with van der Waals surface area (Å²) in [5.74, 6) is -2.01. The number of aromatic nitrogens is 2. The Labute approximate surface area is 218 Å². The largest absolute Gasteiger partial charge is 0.464 e. The van der Waals surface area contributed by atoms with Gasteiger partial charge in [-0.15, -0.1) is 0 Å². The molecule has 0 aliphatic carbocycles. The average molecular weight is 526 g/mol. The van der Waals surface area contributed by atoms with Crippen LogP contribution in [-0.4, -0.2) is 64.8 Å². The monoisotopic (exact) mass is 525 g/mol. The number of fused-ring (bicyclic) bond motifs is 1. The SMILES string of the molecule is CCC(=O)N1CC=C(c2c[nH]c3nccc(Oc4c(F)cc(NC5=NCC(C)(CO)CO5)cc4F)c23)CC1. The average Bonchev–Trinajstić information content (AvgIpc) is 3.37. The van der Waals surface area contributed by atoms with E-state index in [1.54, 1.807) is 17.2 Å². The van der Waals surface area contributed by atoms with Crippen LogP contribution in [-0.2, 0) is 9.53 Å². The summed E-state index contributed by atoms with van der Waals surface area (Å²) < 4.78 is 41.4. The molecule has 2 aliphatic heterocycles. The molecule has 11 heteroatoms. The summed E-state index contributed by atoms with van der Waals surface area (Å²) in [6.07, 6.45) is 6.37. The minimum absolute atomic E-state index is 0.0849. The third kappa shape index (κ3) is 5.06. The zero-order valence-corrected chi connectivity index (χ0v) is 21.2. The Hall–Kier alpha value is -3.99. The van der Waals surface area contributed by atoms with Gasteiger partial charge in [0.1, 0.15) is 18.0 Å². The van der Waals surface area contributed by atoms with Gasteiger partial charge in [0, 0.05) is 60.7 Å². The summed E-state index contributed by atoms with van der Waals surface area (Å²) in [5, 5.41) is 12.8. The highest BCUT2D eigenvalue weighted by Gasteiger charge is 2.29. The predicted molar refractivity (Wildman–Crippen MR) is 139 cm³/mol. The van der Waals surface area contributed by atoms with Crippen LogP contribution in [0.15, 0.2) is 41.7 Å². The number of ether oxygens (including phenoxy) is 2. The van der Waals surface area contributed by atoms with Gasteiger partial charge >= 0.3 is 0 Å². The van der Waals surface area contributed by atoms with Crippen LogP contribution in [0.1, 0.15) is 32.3 Å². The number of aliphatic imine (C=N–C) groups is 1. The van der Waals surface area contributed by atoms with Gasteiger partial charge in [0.05, 0.1) is 18.5 Å². The molecule has 0 saturated carbocycles. The van der Waals surface area contributed by atoms with Crippen molar-refractivity contribution in [3.63, 3.8) is 0 Å². The number of anilines is 1. The van der Waals surface area contributed by atoms with E-state index in [1.165, 1.54) is 6.20 Å². The number of rotatable bonds is 6. The number of hydrogen-bond donors (Lipinski definition) is 3. The summed E-state index contributed by atoms with van der Waals surface area (Å²) in [6.45, 7) is 5.21. The molecule has 2 aromatic heterocycles. The quantitative estimate of drug-likeness (QED) is 0.438. The standard InChI is InChI=1S/C27H29F2N5O4/c1-3-22(36)34-8-5-16(6-9-34)18-12-31-25-23(18)21(4-7-30-25)38-24-19(28)10-17(11-20(24)29)33-26-32-13-27(2,14-35)15-37-26/h4-5,7,10-12,35H,3,6,8-9,13-15H2,1-2H3,(H,30,31)(H,32,33). The number of aliphatic hydroxyl groups is 1. The minimum atomic E-state index is -0.906. The Balaban J connectivity index is 1.39. The van der Waals surface area contributed by atoms with E-state index in [2.05, 4.69) is 20.3 Å². The zero-order chi connectivity index (χ0) is 26.9. The fraction of sp³-hybridized carbons (Fsp3) is 0.370. The van der Waals surface area contributed by atoms with Crippen molar-refractivity contribution >= 4 is 34.2 Å². The highest BCUT2D eigenvalue weighted by atomic mass is 19.1. The predicted octanol–water partition coefficient (Wildman–Crippen LogP) is 4.46. The Kier molecular flexibility index (Phi) is 7.02. The molecule has 38 heavy (non-hydrogen) atoms. The van der Waals surface area contributed by atoms with Crippen LogP contribution in [0.25, 0.3) is 16.6 Å². The van der Waals surface area contributed by atoms with E-state index in [9.17, 15) is 9.90 Å². The van der Waals surface area contributed by atoms with Gasteiger partial charge in [-0.25, -0.2) is 18.8 Å². The van der Waals surface area contributed by atoms with Crippen LogP contribution in [0.2, 0.25) is 0 Å². The van der Waals surface area contributed by atoms with Gasteiger partial charge < -0.3 is 29.8 Å². The van der Waals surface area contributed by atoms with E-state index >= 15 is 8.78 Å². The lowest BCUT2D eigenvalue weighted by atomic mass is 9.93. The normalized spacial score (nSPS) is 19.6. The molecule has 3 aromatic rings. The number of aromatic amines is 1. The number of nitrogens with zero attached hydrogens (tertiary/aromatic N) is 3. The number of H-pyrrole nitrogens is 1. The maximum absolute atomic E-state index is 15.1. The van der Waals surface area contributed by atoms with Crippen molar-refractivity contribution in [3.05, 3.63) is 53.9 Å². The molecule has 1 unspecified atom stereocenters. The van der Waals surface area contributed by atoms with Gasteiger partial charge in [-0.2, -0.15) is 0 Å². The van der Waals surface area contributed by atoms with E-state index in [1.807, 2.05) is 19.9 Å². The van der Waals surface area contributed by atoms with Crippen molar-refractivity contribution in [2.75, 3.05) is 38.2 Å². The van der Waals surface area contributed by atoms with Crippen molar-refractivity contribution < 1.29 is 28.2 Å². The number of benzene rings is 1. The van der Waals surface area contributed by atoms with Crippen LogP contribution in [0.4, 0.5) is 14.5 Å². The first-order valence-corrected chi connectivity index (χ1v) is 12.5. The van der Waals surface area contributed by atoms with Crippen LogP contribution >= 0.6 is 0 Å². The smallest absolute Gasteiger partial charge is 0.289 e. The molecule has 9 nitrogen and oxygen atoms in total. The van der Waals surface area contributed by atoms with Gasteiger partial charge in [0.2, 0.25) is 5.91 Å². The number of halogens is 2. The summed E-state index contributed by atoms with van der Waals surface area (Å²) in [6, 6.07) is 3.88. The van der Waals surface area contributed by atoms with E-state index in [0.29, 0.717) is 43.5 Å². The number of amides is 1. The molecule has 0 bridgehead atoms. The molecule has 0 radical (unpaired) electrons. The van der Waals surface area contributed by atoms with Crippen molar-refractivity contribution in [2.24, 2.45) is 10.4 Å². The molecule has 3 N–H and O–H groups in total. The number of amidine groups is 1. The lowest BCUT2D eigenvalue weighted by Crippen LogP contribution is -2.38. The van der Waals surface area contributed by atoms with Crippen LogP contribution in [0.3, 0.4) is 0 Å². The van der Waals surface area contributed by atoms with Gasteiger partial charge in [-0.1, -0.05) is 19.9 Å². The zero-order valence-electron chi connectivity index (χ0n) is 21.2. The van der Waals surface area contributed by atoms with E-state index in [4.69, 9.17) is 9.47 Å². The number of nitrogens with one attached hydrogen (secondary N) is 2. The Morgan fingerprint density at radius 3 is 2.76 bits per heavy atom. The lowest BCUT2D eigenvalue weighted by molar-refractivity contribution is -0.130. The topological polar surface area (TPSA) is 112 Å². The van der Waals surface area contributed by atoms with Crippen molar-refractivity contribution in [3.8, 4) is 11.5 Å². The van der Waals surface area contributed by atoms with Gasteiger partial charge in [0.15, 0.2) is 17.4 Å². The molecule has 0 spiro atoms. The fourth-order valence-corrected chi connectivity index (χ4v) is 4.46. The van der Waals surface area contributed by atoms with Crippen LogP contribution in [0.5, 0.6) is 11.5 Å². The minimum Gasteiger partial charge on any atom is -0.464 e. The molecule has 4 heterocycles. The highest BCUT2D eigenvalue weighted by Crippen LogP contribution is 2.38. The molecule has 1 aromatic carbocycles. The Bertz CT molecular complexity index is 1410. The number of pyridine rings is 1. The number of hydrogen-bond acceptors (Lipinski definition) is 7. The molecule has 2 aliphatic rings. The lowest BCUT2D eigenvalue weighted by Gasteiger charge is -2.30. The molecule has 5 rings (SSSR count). The van der Waals surface area contributed by atoms with Crippen LogP contribution in [0, 0.1) is 17.0 Å². The summed E-state index contributed by atoms with van der Waals surface area (Å²) >= 11 is 0. The van der Waals surface area contributed by atoms with E-state index in [-0.39, 0.29) is 36.6 Å². The number of carbonyl (C=O) groups excluding carboxylic acids is 1. The second-order valence-corrected chi connectivity index (χ2v) is 9.78. The highest BCUT2D eigenvalue weighted by molar-refractivity contribution is 5.96. The van der Waals surface area contributed by atoms with Crippen molar-refractivity contribution in [1.82, 2.24) is 14.9 Å². The molecule has 200 valence electrons. The molecular weight excluding hydrogens is 496 g/mol. The third-order valence-corrected chi connectivity index (χ3v) is 6.75. The molecule has 1 atom stereocenters. The molecular formula is C27H29F2N5O4. The Morgan fingerprint density at radius 2 is 2.13 bits per heavy atom. The van der Waals surface area contributed by atoms with Crippen molar-refractivity contribution in [1.29, 1.82) is 0 Å². The van der Waals surface area contributed by atoms with Gasteiger partial charge in [-0.3, -0.25) is 4.79 Å². The maximum Gasteiger partial charge on any atom is 0.289 e. The molecule has 0 fully saturated rings. The summed E-state index contributed by atoms with van der Waals surface area (Å²) in [4.78, 5) is 25.5. The van der Waals surface area contributed by atoms with E-state index in [0.717, 1.165) is 23.3 Å². The first-order valence-electron chi connectivity index (χ1n) is 12.5.